The quantitative estimate of drug-likeness (QED) is 0.0796. The number of carbonyl (C=O) groups excluding carboxylic acids is 2. The molecule has 0 aliphatic heterocycles. The normalized spacial score (nSPS) is 11.0. The van der Waals surface area contributed by atoms with Gasteiger partial charge in [-0.15, -0.1) is 0 Å². The molecule has 9 heteroatoms. The Hall–Kier alpha value is -5.31. The van der Waals surface area contributed by atoms with Crippen LogP contribution in [0.15, 0.2) is 91.0 Å². The molecule has 2 amide bonds. The second-order valence-corrected chi connectivity index (χ2v) is 10.2. The number of nitrogens with two attached hydrogens (primary N) is 1. The van der Waals surface area contributed by atoms with Gasteiger partial charge in [0.2, 0.25) is 5.91 Å². The number of guanidine groups is 1. The summed E-state index contributed by atoms with van der Waals surface area (Å²) in [4.78, 5) is 25.9. The number of fused-ring (bicyclic) bond motifs is 2. The summed E-state index contributed by atoms with van der Waals surface area (Å²) in [6.45, 7) is 1.25. The number of hydrogen-bond acceptors (Lipinski definition) is 4. The van der Waals surface area contributed by atoms with Gasteiger partial charge in [-0.1, -0.05) is 54.6 Å². The number of hydrogen-bond donors (Lipinski definition) is 6. The number of phenols is 1. The molecule has 42 heavy (non-hydrogen) atoms. The molecular weight excluding hydrogens is 528 g/mol. The van der Waals surface area contributed by atoms with Gasteiger partial charge in [0.15, 0.2) is 5.96 Å². The van der Waals surface area contributed by atoms with Crippen molar-refractivity contribution in [2.75, 3.05) is 18.4 Å². The van der Waals surface area contributed by atoms with Crippen LogP contribution in [-0.2, 0) is 24.2 Å². The maximum absolute atomic E-state index is 13.2. The molecule has 0 bridgehead atoms. The lowest BCUT2D eigenvalue weighted by Crippen LogP contribution is -2.38. The van der Waals surface area contributed by atoms with Crippen LogP contribution in [0.1, 0.15) is 28.0 Å². The highest BCUT2D eigenvalue weighted by Gasteiger charge is 2.16. The smallest absolute Gasteiger partial charge is 0.268 e. The molecule has 214 valence electrons. The van der Waals surface area contributed by atoms with Gasteiger partial charge < -0.3 is 31.4 Å². The topological polar surface area (TPSA) is 145 Å². The predicted molar refractivity (Wildman–Crippen MR) is 167 cm³/mol. The summed E-state index contributed by atoms with van der Waals surface area (Å²) in [7, 11) is 0. The molecule has 9 nitrogen and oxygen atoms in total. The molecule has 0 saturated carbocycles. The number of nitrogens with one attached hydrogen (secondary N) is 4. The maximum atomic E-state index is 13.2. The Bertz CT molecular complexity index is 1740. The zero-order chi connectivity index (χ0) is 29.5. The van der Waals surface area contributed by atoms with Crippen molar-refractivity contribution < 1.29 is 14.7 Å². The van der Waals surface area contributed by atoms with Crippen LogP contribution in [0.25, 0.3) is 21.7 Å². The first-order valence-electron chi connectivity index (χ1n) is 13.9. The minimum atomic E-state index is -0.227. The highest BCUT2D eigenvalue weighted by Crippen LogP contribution is 2.25. The van der Waals surface area contributed by atoms with E-state index >= 15 is 0 Å². The number of aromatic hydroxyl groups is 1. The van der Waals surface area contributed by atoms with Crippen LogP contribution in [0.3, 0.4) is 0 Å². The molecular formula is C33H34N6O3. The van der Waals surface area contributed by atoms with Gasteiger partial charge in [-0.25, -0.2) is 0 Å². The number of rotatable bonds is 11. The fraction of sp³-hybridized carbons (Fsp3) is 0.182. The fourth-order valence-electron chi connectivity index (χ4n) is 5.02. The van der Waals surface area contributed by atoms with Crippen LogP contribution in [0.2, 0.25) is 0 Å². The second-order valence-electron chi connectivity index (χ2n) is 10.2. The molecule has 0 unspecified atom stereocenters. The molecule has 7 N–H and O–H groups in total. The van der Waals surface area contributed by atoms with Gasteiger partial charge in [0, 0.05) is 42.6 Å². The molecule has 0 fully saturated rings. The molecule has 0 spiro atoms. The lowest BCUT2D eigenvalue weighted by atomic mass is 10.1. The summed E-state index contributed by atoms with van der Waals surface area (Å²) in [5.74, 6) is -0.295. The fourth-order valence-corrected chi connectivity index (χ4v) is 5.02. The van der Waals surface area contributed by atoms with Crippen molar-refractivity contribution in [2.45, 2.75) is 25.8 Å². The highest BCUT2D eigenvalue weighted by atomic mass is 16.3. The average Bonchev–Trinajstić information content (AvgIpc) is 3.35. The first-order chi connectivity index (χ1) is 20.4. The van der Waals surface area contributed by atoms with Crippen molar-refractivity contribution in [3.05, 3.63) is 108 Å². The Kier molecular flexibility index (Phi) is 8.67. The number of benzene rings is 4. The number of aryl methyl sites for hydroxylation is 3. The average molecular weight is 563 g/mol. The Morgan fingerprint density at radius 2 is 1.52 bits per heavy atom. The van der Waals surface area contributed by atoms with E-state index in [2.05, 4.69) is 46.3 Å². The minimum Gasteiger partial charge on any atom is -0.508 e. The number of carbonyl (C=O) groups is 2. The Labute approximate surface area is 243 Å². The van der Waals surface area contributed by atoms with Crippen LogP contribution in [0.4, 0.5) is 5.69 Å². The van der Waals surface area contributed by atoms with Crippen molar-refractivity contribution in [3.63, 3.8) is 0 Å². The van der Waals surface area contributed by atoms with Crippen LogP contribution in [-0.4, -0.2) is 40.5 Å². The number of aromatic nitrogens is 1. The zero-order valence-corrected chi connectivity index (χ0v) is 23.2. The van der Waals surface area contributed by atoms with Crippen LogP contribution < -0.4 is 21.7 Å². The third kappa shape index (κ3) is 7.06. The Morgan fingerprint density at radius 1 is 0.786 bits per heavy atom. The minimum absolute atomic E-state index is 0.117. The van der Waals surface area contributed by atoms with Gasteiger partial charge in [0.05, 0.1) is 0 Å². The van der Waals surface area contributed by atoms with E-state index in [9.17, 15) is 14.7 Å². The highest BCUT2D eigenvalue weighted by molar-refractivity contribution is 6.00. The van der Waals surface area contributed by atoms with Crippen LogP contribution in [0, 0.1) is 5.41 Å². The predicted octanol–water partition coefficient (Wildman–Crippen LogP) is 4.53. The van der Waals surface area contributed by atoms with Crippen LogP contribution in [0.5, 0.6) is 5.75 Å². The summed E-state index contributed by atoms with van der Waals surface area (Å²) in [5.41, 5.74) is 9.55. The molecule has 0 saturated heterocycles. The van der Waals surface area contributed by atoms with E-state index in [1.54, 1.807) is 24.3 Å². The first kappa shape index (κ1) is 28.2. The van der Waals surface area contributed by atoms with E-state index < -0.39 is 0 Å². The second kappa shape index (κ2) is 12.9. The summed E-state index contributed by atoms with van der Waals surface area (Å²) < 4.78 is 2.01. The number of anilines is 1. The first-order valence-corrected chi connectivity index (χ1v) is 13.9. The number of amides is 2. The van der Waals surface area contributed by atoms with Crippen molar-refractivity contribution in [1.29, 1.82) is 5.41 Å². The summed E-state index contributed by atoms with van der Waals surface area (Å²) in [5, 5.41) is 28.5. The van der Waals surface area contributed by atoms with E-state index in [-0.39, 0.29) is 23.5 Å². The SMILES string of the molecule is N=C(N)NCCNC(=O)c1cc2cc(NC(=O)CCc3ccc(O)cc3)ccc2n1CCc1ccc2ccccc2c1. The summed E-state index contributed by atoms with van der Waals surface area (Å²) in [6, 6.07) is 29.0. The number of nitrogens with zero attached hydrogens (tertiary/aromatic N) is 1. The Morgan fingerprint density at radius 3 is 2.31 bits per heavy atom. The van der Waals surface area contributed by atoms with Gasteiger partial charge in [-0.05, 0) is 71.1 Å². The standard InChI is InChI=1S/C33H34N6O3/c34-33(35)37-17-16-36-32(42)30-21-26-20-27(38-31(41)14-8-22-6-11-28(40)12-7-22)10-13-29(26)39(30)18-15-23-5-9-24-3-1-2-4-25(24)19-23/h1-7,9-13,19-21,40H,8,14-18H2,(H,36,42)(H,38,41)(H4,34,35,37). The van der Waals surface area contributed by atoms with Gasteiger partial charge in [0.1, 0.15) is 11.4 Å². The third-order valence-corrected chi connectivity index (χ3v) is 7.16. The molecule has 4 aromatic carbocycles. The van der Waals surface area contributed by atoms with E-state index in [0.29, 0.717) is 43.9 Å². The van der Waals surface area contributed by atoms with Gasteiger partial charge >= 0.3 is 0 Å². The molecule has 0 aliphatic carbocycles. The molecule has 0 aliphatic rings. The molecule has 1 heterocycles. The molecule has 1 aromatic heterocycles. The maximum Gasteiger partial charge on any atom is 0.268 e. The van der Waals surface area contributed by atoms with Gasteiger partial charge in [-0.2, -0.15) is 0 Å². The van der Waals surface area contributed by atoms with Gasteiger partial charge in [0.25, 0.3) is 5.91 Å². The van der Waals surface area contributed by atoms with Crippen molar-refractivity contribution in [1.82, 2.24) is 15.2 Å². The summed E-state index contributed by atoms with van der Waals surface area (Å²) >= 11 is 0. The molecule has 5 rings (SSSR count). The monoisotopic (exact) mass is 562 g/mol. The van der Waals surface area contributed by atoms with Crippen LogP contribution >= 0.6 is 0 Å². The largest absolute Gasteiger partial charge is 0.508 e. The number of phenolic OH excluding ortho intramolecular Hbond substituents is 1. The van der Waals surface area contributed by atoms with E-state index in [4.69, 9.17) is 11.1 Å². The van der Waals surface area contributed by atoms with Crippen molar-refractivity contribution in [2.24, 2.45) is 5.73 Å². The third-order valence-electron chi connectivity index (χ3n) is 7.16. The Balaban J connectivity index is 1.33. The molecule has 5 aromatic rings. The molecule has 0 atom stereocenters. The zero-order valence-electron chi connectivity index (χ0n) is 23.2. The lowest BCUT2D eigenvalue weighted by molar-refractivity contribution is -0.116. The molecule has 0 radical (unpaired) electrons. The lowest BCUT2D eigenvalue weighted by Gasteiger charge is -2.12. The van der Waals surface area contributed by atoms with Gasteiger partial charge in [-0.3, -0.25) is 15.0 Å². The van der Waals surface area contributed by atoms with E-state index in [1.165, 1.54) is 16.3 Å². The summed E-state index contributed by atoms with van der Waals surface area (Å²) in [6.07, 6.45) is 1.59. The van der Waals surface area contributed by atoms with Crippen molar-refractivity contribution >= 4 is 45.1 Å². The van der Waals surface area contributed by atoms with E-state index in [1.807, 2.05) is 41.0 Å². The van der Waals surface area contributed by atoms with Crippen molar-refractivity contribution in [3.8, 4) is 5.75 Å². The van der Waals surface area contributed by atoms with E-state index in [0.717, 1.165) is 22.9 Å².